The van der Waals surface area contributed by atoms with Crippen LogP contribution >= 0.6 is 0 Å². The number of urea groups is 1. The summed E-state index contributed by atoms with van der Waals surface area (Å²) in [6.07, 6.45) is 4.10. The number of phenolic OH excluding ortho intramolecular Hbond substituents is 1. The molecule has 3 N–H and O–H groups in total. The summed E-state index contributed by atoms with van der Waals surface area (Å²) in [5.41, 5.74) is 2.37. The number of rotatable bonds is 4. The molecule has 0 aromatic heterocycles. The number of carbonyl (C=O) groups excluding carboxylic acids is 1. The molecule has 1 aromatic rings. The molecule has 5 nitrogen and oxygen atoms in total. The second-order valence-corrected chi connectivity index (χ2v) is 4.20. The lowest BCUT2D eigenvalue weighted by atomic mass is 10.0. The third kappa shape index (κ3) is 2.88. The van der Waals surface area contributed by atoms with Gasteiger partial charge in [-0.05, 0) is 30.2 Å². The second-order valence-electron chi connectivity index (χ2n) is 4.20. The van der Waals surface area contributed by atoms with Crippen LogP contribution in [0.5, 0.6) is 11.5 Å². The van der Waals surface area contributed by atoms with Crippen LogP contribution in [-0.4, -0.2) is 24.8 Å². The van der Waals surface area contributed by atoms with Gasteiger partial charge in [-0.25, -0.2) is 4.79 Å². The maximum absolute atomic E-state index is 11.0. The molecule has 1 aliphatic rings. The molecule has 5 heteroatoms. The van der Waals surface area contributed by atoms with Crippen molar-refractivity contribution in [2.75, 3.05) is 13.7 Å². The molecule has 1 aliphatic heterocycles. The standard InChI is InChI=1S/C14H16N2O3/c1-3-4-10-5-9(7-12(19-2)13(10)17)6-11-8-15-14(18)16-11/h3,5-7,17H,1,4,8H2,2H3,(H2,15,16,18)/b11-6+. The van der Waals surface area contributed by atoms with Crippen LogP contribution < -0.4 is 15.4 Å². The van der Waals surface area contributed by atoms with Gasteiger partial charge in [0.05, 0.1) is 13.7 Å². The third-order valence-electron chi connectivity index (χ3n) is 2.81. The van der Waals surface area contributed by atoms with E-state index in [-0.39, 0.29) is 11.8 Å². The van der Waals surface area contributed by atoms with Gasteiger partial charge in [-0.15, -0.1) is 6.58 Å². The highest BCUT2D eigenvalue weighted by Gasteiger charge is 2.14. The molecule has 2 amide bonds. The first kappa shape index (κ1) is 13.0. The quantitative estimate of drug-likeness (QED) is 0.723. The van der Waals surface area contributed by atoms with Crippen molar-refractivity contribution in [2.45, 2.75) is 6.42 Å². The van der Waals surface area contributed by atoms with Crippen LogP contribution in [0.4, 0.5) is 4.79 Å². The van der Waals surface area contributed by atoms with E-state index in [1.165, 1.54) is 7.11 Å². The number of aromatic hydroxyl groups is 1. The van der Waals surface area contributed by atoms with Crippen molar-refractivity contribution in [1.82, 2.24) is 10.6 Å². The van der Waals surface area contributed by atoms with E-state index in [4.69, 9.17) is 4.74 Å². The Morgan fingerprint density at radius 3 is 2.89 bits per heavy atom. The van der Waals surface area contributed by atoms with Crippen molar-refractivity contribution in [3.63, 3.8) is 0 Å². The highest BCUT2D eigenvalue weighted by molar-refractivity contribution is 5.81. The van der Waals surface area contributed by atoms with Crippen LogP contribution in [0, 0.1) is 0 Å². The number of nitrogens with one attached hydrogen (secondary N) is 2. The molecular weight excluding hydrogens is 244 g/mol. The Balaban J connectivity index is 2.37. The summed E-state index contributed by atoms with van der Waals surface area (Å²) >= 11 is 0. The normalized spacial score (nSPS) is 16.1. The van der Waals surface area contributed by atoms with Gasteiger partial charge in [0.25, 0.3) is 0 Å². The van der Waals surface area contributed by atoms with Gasteiger partial charge in [-0.1, -0.05) is 6.08 Å². The number of ether oxygens (including phenoxy) is 1. The minimum Gasteiger partial charge on any atom is -0.504 e. The van der Waals surface area contributed by atoms with Crippen molar-refractivity contribution >= 4 is 12.1 Å². The highest BCUT2D eigenvalue weighted by atomic mass is 16.5. The van der Waals surface area contributed by atoms with Crippen molar-refractivity contribution in [3.05, 3.63) is 41.6 Å². The Hall–Kier alpha value is -2.43. The molecule has 0 spiro atoms. The molecule has 100 valence electrons. The van der Waals surface area contributed by atoms with Crippen LogP contribution in [0.15, 0.2) is 30.5 Å². The van der Waals surface area contributed by atoms with E-state index in [1.807, 2.05) is 12.1 Å². The molecule has 1 saturated heterocycles. The van der Waals surface area contributed by atoms with Crippen molar-refractivity contribution in [3.8, 4) is 11.5 Å². The zero-order valence-corrected chi connectivity index (χ0v) is 10.7. The van der Waals surface area contributed by atoms with E-state index in [1.54, 1.807) is 12.1 Å². The fraction of sp³-hybridized carbons (Fsp3) is 0.214. The van der Waals surface area contributed by atoms with E-state index >= 15 is 0 Å². The highest BCUT2D eigenvalue weighted by Crippen LogP contribution is 2.32. The Morgan fingerprint density at radius 1 is 1.53 bits per heavy atom. The van der Waals surface area contributed by atoms with Gasteiger partial charge in [0.2, 0.25) is 0 Å². The minimum atomic E-state index is -0.205. The number of carbonyl (C=O) groups is 1. The lowest BCUT2D eigenvalue weighted by molar-refractivity contribution is 0.249. The van der Waals surface area contributed by atoms with Gasteiger partial charge in [-0.3, -0.25) is 0 Å². The Kier molecular flexibility index (Phi) is 3.75. The summed E-state index contributed by atoms with van der Waals surface area (Å²) in [6, 6.07) is 3.36. The first-order valence-electron chi connectivity index (χ1n) is 5.90. The van der Waals surface area contributed by atoms with Crippen molar-refractivity contribution in [1.29, 1.82) is 0 Å². The van der Waals surface area contributed by atoms with Crippen LogP contribution in [0.2, 0.25) is 0 Å². The summed E-state index contributed by atoms with van der Waals surface area (Å²) in [7, 11) is 1.50. The molecule has 1 aromatic carbocycles. The summed E-state index contributed by atoms with van der Waals surface area (Å²) in [6.45, 7) is 4.13. The van der Waals surface area contributed by atoms with Gasteiger partial charge in [0.15, 0.2) is 11.5 Å². The van der Waals surface area contributed by atoms with E-state index in [9.17, 15) is 9.90 Å². The summed E-state index contributed by atoms with van der Waals surface area (Å²) in [4.78, 5) is 11.0. The number of hydrogen-bond donors (Lipinski definition) is 3. The molecule has 0 radical (unpaired) electrons. The number of amides is 2. The molecule has 1 fully saturated rings. The number of methoxy groups -OCH3 is 1. The van der Waals surface area contributed by atoms with Gasteiger partial charge in [-0.2, -0.15) is 0 Å². The Bertz CT molecular complexity index is 550. The summed E-state index contributed by atoms with van der Waals surface area (Å²) in [5.74, 6) is 0.529. The molecule has 2 rings (SSSR count). The topological polar surface area (TPSA) is 70.6 Å². The SMILES string of the molecule is C=CCc1cc(/C=C2\CNC(=O)N2)cc(OC)c1O. The predicted octanol–water partition coefficient (Wildman–Crippen LogP) is 1.78. The maximum atomic E-state index is 11.0. The minimum absolute atomic E-state index is 0.123. The molecular formula is C14H16N2O3. The molecule has 0 bridgehead atoms. The molecule has 1 heterocycles. The van der Waals surface area contributed by atoms with Crippen LogP contribution in [0.1, 0.15) is 11.1 Å². The van der Waals surface area contributed by atoms with Crippen LogP contribution in [0.25, 0.3) is 6.08 Å². The van der Waals surface area contributed by atoms with Crippen molar-refractivity contribution < 1.29 is 14.6 Å². The number of allylic oxidation sites excluding steroid dienone is 1. The number of phenols is 1. The van der Waals surface area contributed by atoms with E-state index in [0.717, 1.165) is 16.8 Å². The Labute approximate surface area is 111 Å². The lowest BCUT2D eigenvalue weighted by Gasteiger charge is -2.10. The smallest absolute Gasteiger partial charge is 0.319 e. The Morgan fingerprint density at radius 2 is 2.32 bits per heavy atom. The summed E-state index contributed by atoms with van der Waals surface area (Å²) in [5, 5.41) is 15.3. The largest absolute Gasteiger partial charge is 0.504 e. The molecule has 0 saturated carbocycles. The monoisotopic (exact) mass is 260 g/mol. The average Bonchev–Trinajstić information content (AvgIpc) is 2.79. The van der Waals surface area contributed by atoms with Crippen LogP contribution in [-0.2, 0) is 6.42 Å². The number of benzene rings is 1. The molecule has 19 heavy (non-hydrogen) atoms. The third-order valence-corrected chi connectivity index (χ3v) is 2.81. The fourth-order valence-corrected chi connectivity index (χ4v) is 1.94. The molecule has 0 aliphatic carbocycles. The second kappa shape index (κ2) is 5.48. The first-order chi connectivity index (χ1) is 9.13. The zero-order valence-electron chi connectivity index (χ0n) is 10.7. The zero-order chi connectivity index (χ0) is 13.8. The fourth-order valence-electron chi connectivity index (χ4n) is 1.94. The van der Waals surface area contributed by atoms with Crippen molar-refractivity contribution in [2.24, 2.45) is 0 Å². The average molecular weight is 260 g/mol. The van der Waals surface area contributed by atoms with E-state index in [0.29, 0.717) is 18.7 Å². The molecule has 0 atom stereocenters. The maximum Gasteiger partial charge on any atom is 0.319 e. The van der Waals surface area contributed by atoms with Gasteiger partial charge in [0, 0.05) is 11.3 Å². The predicted molar refractivity (Wildman–Crippen MR) is 73.1 cm³/mol. The first-order valence-corrected chi connectivity index (χ1v) is 5.90. The van der Waals surface area contributed by atoms with Gasteiger partial charge >= 0.3 is 6.03 Å². The number of hydrogen-bond acceptors (Lipinski definition) is 3. The van der Waals surface area contributed by atoms with Gasteiger partial charge < -0.3 is 20.5 Å². The lowest BCUT2D eigenvalue weighted by Crippen LogP contribution is -2.19. The summed E-state index contributed by atoms with van der Waals surface area (Å²) < 4.78 is 5.14. The van der Waals surface area contributed by atoms with Gasteiger partial charge in [0.1, 0.15) is 0 Å². The molecule has 0 unspecified atom stereocenters. The van der Waals surface area contributed by atoms with E-state index in [2.05, 4.69) is 17.2 Å². The van der Waals surface area contributed by atoms with E-state index < -0.39 is 0 Å². The van der Waals surface area contributed by atoms with Crippen LogP contribution in [0.3, 0.4) is 0 Å².